The number of nitrogens with two attached hydrogens (primary N) is 2. The van der Waals surface area contributed by atoms with Gasteiger partial charge in [0, 0.05) is 12.2 Å². The van der Waals surface area contributed by atoms with Crippen molar-refractivity contribution < 1.29 is 4.39 Å². The van der Waals surface area contributed by atoms with Crippen molar-refractivity contribution in [2.45, 2.75) is 12.5 Å². The standard InChI is InChI=1S/C13H14FN3/c14-11-3-1-2-10(8-11)12(15)6-9-4-5-17-13(16)7-9/h1-5,7-8,12H,6,15H2,(H2,16,17). The molecule has 1 aromatic heterocycles. The topological polar surface area (TPSA) is 64.9 Å². The Morgan fingerprint density at radius 3 is 2.76 bits per heavy atom. The van der Waals surface area contributed by atoms with Crippen LogP contribution in [0.3, 0.4) is 0 Å². The highest BCUT2D eigenvalue weighted by Gasteiger charge is 2.08. The van der Waals surface area contributed by atoms with E-state index in [0.717, 1.165) is 11.1 Å². The first kappa shape index (κ1) is 11.5. The lowest BCUT2D eigenvalue weighted by Gasteiger charge is -2.12. The average Bonchev–Trinajstić information content (AvgIpc) is 2.29. The Balaban J connectivity index is 2.14. The quantitative estimate of drug-likeness (QED) is 0.849. The van der Waals surface area contributed by atoms with Gasteiger partial charge in [-0.3, -0.25) is 0 Å². The number of halogens is 1. The van der Waals surface area contributed by atoms with Crippen LogP contribution in [-0.4, -0.2) is 4.98 Å². The molecule has 3 nitrogen and oxygen atoms in total. The maximum absolute atomic E-state index is 13.0. The van der Waals surface area contributed by atoms with Crippen LogP contribution < -0.4 is 11.5 Å². The van der Waals surface area contributed by atoms with Crippen LogP contribution in [0.2, 0.25) is 0 Å². The summed E-state index contributed by atoms with van der Waals surface area (Å²) in [7, 11) is 0. The Hall–Kier alpha value is -1.94. The minimum absolute atomic E-state index is 0.243. The van der Waals surface area contributed by atoms with E-state index >= 15 is 0 Å². The molecule has 1 atom stereocenters. The maximum atomic E-state index is 13.0. The second kappa shape index (κ2) is 4.93. The van der Waals surface area contributed by atoms with Gasteiger partial charge in [0.25, 0.3) is 0 Å². The van der Waals surface area contributed by atoms with Crippen molar-refractivity contribution in [3.8, 4) is 0 Å². The van der Waals surface area contributed by atoms with Gasteiger partial charge in [-0.25, -0.2) is 9.37 Å². The number of anilines is 1. The molecule has 2 aromatic rings. The fourth-order valence-corrected chi connectivity index (χ4v) is 1.73. The molecule has 0 saturated carbocycles. The van der Waals surface area contributed by atoms with Crippen LogP contribution in [0.15, 0.2) is 42.6 Å². The van der Waals surface area contributed by atoms with Crippen molar-refractivity contribution in [1.29, 1.82) is 0 Å². The Bertz CT molecular complexity index is 514. The molecule has 1 unspecified atom stereocenters. The Morgan fingerprint density at radius 2 is 2.06 bits per heavy atom. The molecular weight excluding hydrogens is 217 g/mol. The number of benzene rings is 1. The maximum Gasteiger partial charge on any atom is 0.123 e. The normalized spacial score (nSPS) is 12.4. The van der Waals surface area contributed by atoms with E-state index in [1.54, 1.807) is 18.3 Å². The molecule has 0 aliphatic rings. The van der Waals surface area contributed by atoms with Gasteiger partial charge in [-0.05, 0) is 41.8 Å². The number of pyridine rings is 1. The smallest absolute Gasteiger partial charge is 0.123 e. The SMILES string of the molecule is Nc1cc(CC(N)c2cccc(F)c2)ccn1. The molecule has 0 aliphatic heterocycles. The molecule has 4 heteroatoms. The second-order valence-corrected chi connectivity index (χ2v) is 3.95. The van der Waals surface area contributed by atoms with Gasteiger partial charge >= 0.3 is 0 Å². The monoisotopic (exact) mass is 231 g/mol. The summed E-state index contributed by atoms with van der Waals surface area (Å²) in [6, 6.07) is 9.72. The second-order valence-electron chi connectivity index (χ2n) is 3.95. The van der Waals surface area contributed by atoms with Gasteiger partial charge in [0.05, 0.1) is 0 Å². The predicted octanol–water partition coefficient (Wildman–Crippen LogP) is 2.05. The van der Waals surface area contributed by atoms with Gasteiger partial charge in [0.15, 0.2) is 0 Å². The predicted molar refractivity (Wildman–Crippen MR) is 65.7 cm³/mol. The molecule has 4 N–H and O–H groups in total. The molecule has 0 saturated heterocycles. The average molecular weight is 231 g/mol. The van der Waals surface area contributed by atoms with E-state index < -0.39 is 0 Å². The summed E-state index contributed by atoms with van der Waals surface area (Å²) >= 11 is 0. The first-order valence-corrected chi connectivity index (χ1v) is 5.36. The van der Waals surface area contributed by atoms with Crippen molar-refractivity contribution in [3.05, 3.63) is 59.5 Å². The lowest BCUT2D eigenvalue weighted by Crippen LogP contribution is -2.13. The third-order valence-electron chi connectivity index (χ3n) is 2.58. The Labute approximate surface area is 99.3 Å². The lowest BCUT2D eigenvalue weighted by atomic mass is 10.0. The van der Waals surface area contributed by atoms with Crippen LogP contribution in [0.5, 0.6) is 0 Å². The molecule has 88 valence electrons. The highest BCUT2D eigenvalue weighted by molar-refractivity contribution is 5.33. The highest BCUT2D eigenvalue weighted by atomic mass is 19.1. The van der Waals surface area contributed by atoms with E-state index in [0.29, 0.717) is 12.2 Å². The van der Waals surface area contributed by atoms with Crippen molar-refractivity contribution in [3.63, 3.8) is 0 Å². The van der Waals surface area contributed by atoms with E-state index in [4.69, 9.17) is 11.5 Å². The number of hydrogen-bond donors (Lipinski definition) is 2. The first-order valence-electron chi connectivity index (χ1n) is 5.36. The van der Waals surface area contributed by atoms with E-state index in [1.807, 2.05) is 12.1 Å². The number of nitrogens with zero attached hydrogens (tertiary/aromatic N) is 1. The molecule has 0 amide bonds. The summed E-state index contributed by atoms with van der Waals surface area (Å²) in [6.45, 7) is 0. The Morgan fingerprint density at radius 1 is 1.24 bits per heavy atom. The summed E-state index contributed by atoms with van der Waals surface area (Å²) in [5.41, 5.74) is 13.4. The summed E-state index contributed by atoms with van der Waals surface area (Å²) in [6.07, 6.45) is 2.25. The van der Waals surface area contributed by atoms with E-state index in [9.17, 15) is 4.39 Å². The van der Waals surface area contributed by atoms with Crippen LogP contribution in [0.1, 0.15) is 17.2 Å². The number of hydrogen-bond acceptors (Lipinski definition) is 3. The highest BCUT2D eigenvalue weighted by Crippen LogP contribution is 2.17. The van der Waals surface area contributed by atoms with Gasteiger partial charge in [-0.1, -0.05) is 12.1 Å². The molecular formula is C13H14FN3. The van der Waals surface area contributed by atoms with Crippen molar-refractivity contribution in [1.82, 2.24) is 4.98 Å². The number of aromatic nitrogens is 1. The molecule has 1 heterocycles. The molecule has 0 spiro atoms. The summed E-state index contributed by atoms with van der Waals surface area (Å²) in [5.74, 6) is 0.195. The van der Waals surface area contributed by atoms with Crippen LogP contribution in [0.4, 0.5) is 10.2 Å². The first-order chi connectivity index (χ1) is 8.15. The fraction of sp³-hybridized carbons (Fsp3) is 0.154. The zero-order valence-electron chi connectivity index (χ0n) is 9.31. The summed E-state index contributed by atoms with van der Waals surface area (Å²) in [5, 5.41) is 0. The third-order valence-corrected chi connectivity index (χ3v) is 2.58. The van der Waals surface area contributed by atoms with Crippen LogP contribution >= 0.6 is 0 Å². The van der Waals surface area contributed by atoms with Gasteiger partial charge in [-0.15, -0.1) is 0 Å². The van der Waals surface area contributed by atoms with Crippen LogP contribution in [0, 0.1) is 5.82 Å². The van der Waals surface area contributed by atoms with Crippen LogP contribution in [0.25, 0.3) is 0 Å². The Kier molecular flexibility index (Phi) is 3.35. The molecule has 0 radical (unpaired) electrons. The fourth-order valence-electron chi connectivity index (χ4n) is 1.73. The molecule has 1 aromatic carbocycles. The van der Waals surface area contributed by atoms with Crippen molar-refractivity contribution in [2.75, 3.05) is 5.73 Å². The largest absolute Gasteiger partial charge is 0.384 e. The minimum Gasteiger partial charge on any atom is -0.384 e. The van der Waals surface area contributed by atoms with E-state index in [2.05, 4.69) is 4.98 Å². The summed E-state index contributed by atoms with van der Waals surface area (Å²) < 4.78 is 13.0. The van der Waals surface area contributed by atoms with Gasteiger partial charge < -0.3 is 11.5 Å². The molecule has 17 heavy (non-hydrogen) atoms. The van der Waals surface area contributed by atoms with E-state index in [1.165, 1.54) is 12.1 Å². The molecule has 0 fully saturated rings. The third kappa shape index (κ3) is 3.01. The lowest BCUT2D eigenvalue weighted by molar-refractivity contribution is 0.618. The van der Waals surface area contributed by atoms with Crippen molar-refractivity contribution in [2.24, 2.45) is 5.73 Å². The van der Waals surface area contributed by atoms with Crippen LogP contribution in [-0.2, 0) is 6.42 Å². The van der Waals surface area contributed by atoms with Gasteiger partial charge in [0.2, 0.25) is 0 Å². The zero-order chi connectivity index (χ0) is 12.3. The molecule has 0 bridgehead atoms. The van der Waals surface area contributed by atoms with E-state index in [-0.39, 0.29) is 11.9 Å². The van der Waals surface area contributed by atoms with Crippen molar-refractivity contribution >= 4 is 5.82 Å². The van der Waals surface area contributed by atoms with Gasteiger partial charge in [0.1, 0.15) is 11.6 Å². The molecule has 0 aliphatic carbocycles. The minimum atomic E-state index is -0.271. The number of rotatable bonds is 3. The zero-order valence-corrected chi connectivity index (χ0v) is 9.31. The molecule has 2 rings (SSSR count). The number of nitrogen functional groups attached to an aromatic ring is 1. The summed E-state index contributed by atoms with van der Waals surface area (Å²) in [4.78, 5) is 3.91. The van der Waals surface area contributed by atoms with Gasteiger partial charge in [-0.2, -0.15) is 0 Å².